The van der Waals surface area contributed by atoms with Crippen LogP contribution in [0.15, 0.2) is 16.9 Å². The average molecular weight is 397 g/mol. The van der Waals surface area contributed by atoms with Gasteiger partial charge in [0.2, 0.25) is 0 Å². The molecule has 5 nitrogen and oxygen atoms in total. The van der Waals surface area contributed by atoms with Gasteiger partial charge in [-0.25, -0.2) is 15.0 Å². The molecule has 2 aromatic heterocycles. The van der Waals surface area contributed by atoms with Crippen molar-refractivity contribution >= 4 is 27.3 Å². The largest absolute Gasteiger partial charge is 0.463 e. The molecule has 0 N–H and O–H groups in total. The van der Waals surface area contributed by atoms with E-state index in [9.17, 15) is 0 Å². The zero-order valence-electron chi connectivity index (χ0n) is 13.5. The number of nitrogens with zero attached hydrogens (tertiary/aromatic N) is 4. The molecule has 0 saturated carbocycles. The first-order valence-electron chi connectivity index (χ1n) is 7.86. The van der Waals surface area contributed by atoms with E-state index in [0.29, 0.717) is 18.5 Å². The number of aromatic nitrogens is 3. The van der Waals surface area contributed by atoms with Crippen molar-refractivity contribution in [3.05, 3.63) is 32.4 Å². The van der Waals surface area contributed by atoms with E-state index in [1.165, 1.54) is 10.6 Å². The third kappa shape index (κ3) is 4.71. The topological polar surface area (TPSA) is 51.1 Å². The van der Waals surface area contributed by atoms with E-state index in [1.807, 2.05) is 11.3 Å². The monoisotopic (exact) mass is 396 g/mol. The number of piperidine rings is 1. The van der Waals surface area contributed by atoms with Crippen molar-refractivity contribution in [1.29, 1.82) is 0 Å². The molecule has 3 heterocycles. The average Bonchev–Trinajstić information content (AvgIpc) is 2.86. The standard InChI is InChI=1S/C16H21BrN4OS/c1-11-15(23-12(2)20-11)9-21-5-3-13(4-6-21)10-22-16-18-7-14(17)8-19-16/h7-8,13H,3-6,9-10H2,1-2H3. The van der Waals surface area contributed by atoms with Crippen LogP contribution in [0, 0.1) is 19.8 Å². The number of rotatable bonds is 5. The lowest BCUT2D eigenvalue weighted by molar-refractivity contribution is 0.132. The Morgan fingerprint density at radius 1 is 1.26 bits per heavy atom. The maximum absolute atomic E-state index is 5.71. The van der Waals surface area contributed by atoms with Crippen LogP contribution in [0.4, 0.5) is 0 Å². The predicted octanol–water partition coefficient (Wildman–Crippen LogP) is 3.60. The summed E-state index contributed by atoms with van der Waals surface area (Å²) in [5.74, 6) is 0.586. The van der Waals surface area contributed by atoms with Crippen molar-refractivity contribution in [2.24, 2.45) is 5.92 Å². The Bertz CT molecular complexity index is 638. The van der Waals surface area contributed by atoms with Crippen molar-refractivity contribution < 1.29 is 4.74 Å². The molecule has 0 radical (unpaired) electrons. The summed E-state index contributed by atoms with van der Waals surface area (Å²) < 4.78 is 6.57. The fourth-order valence-corrected chi connectivity index (χ4v) is 3.99. The Balaban J connectivity index is 1.43. The van der Waals surface area contributed by atoms with Gasteiger partial charge in [0.25, 0.3) is 0 Å². The fourth-order valence-electron chi connectivity index (χ4n) is 2.80. The van der Waals surface area contributed by atoms with E-state index in [2.05, 4.69) is 49.6 Å². The summed E-state index contributed by atoms with van der Waals surface area (Å²) in [4.78, 5) is 16.7. The molecule has 1 aliphatic heterocycles. The van der Waals surface area contributed by atoms with Gasteiger partial charge in [0.05, 0.1) is 21.8 Å². The minimum absolute atomic E-state index is 0.464. The first-order chi connectivity index (χ1) is 11.1. The second-order valence-corrected chi connectivity index (χ2v) is 8.16. The molecule has 0 aliphatic carbocycles. The van der Waals surface area contributed by atoms with Crippen molar-refractivity contribution in [3.63, 3.8) is 0 Å². The SMILES string of the molecule is Cc1nc(C)c(CN2CCC(COc3ncc(Br)cn3)CC2)s1. The normalized spacial score (nSPS) is 16.7. The quantitative estimate of drug-likeness (QED) is 0.772. The van der Waals surface area contributed by atoms with Gasteiger partial charge in [-0.15, -0.1) is 11.3 Å². The highest BCUT2D eigenvalue weighted by molar-refractivity contribution is 9.10. The maximum atomic E-state index is 5.71. The summed E-state index contributed by atoms with van der Waals surface area (Å²) in [5, 5.41) is 1.16. The number of ether oxygens (including phenoxy) is 1. The minimum atomic E-state index is 0.464. The van der Waals surface area contributed by atoms with Crippen molar-refractivity contribution in [1.82, 2.24) is 19.9 Å². The Hall–Kier alpha value is -1.05. The summed E-state index contributed by atoms with van der Waals surface area (Å²) in [7, 11) is 0. The lowest BCUT2D eigenvalue weighted by Crippen LogP contribution is -2.35. The first kappa shape index (κ1) is 16.8. The Labute approximate surface area is 149 Å². The molecule has 0 aromatic carbocycles. The Kier molecular flexibility index (Phi) is 5.61. The van der Waals surface area contributed by atoms with Gasteiger partial charge >= 0.3 is 6.01 Å². The molecule has 1 fully saturated rings. The molecular weight excluding hydrogens is 376 g/mol. The van der Waals surface area contributed by atoms with Crippen LogP contribution < -0.4 is 4.74 Å². The molecule has 1 aliphatic rings. The summed E-state index contributed by atoms with van der Waals surface area (Å²) in [6.45, 7) is 8.15. The molecule has 2 aromatic rings. The molecule has 7 heteroatoms. The second-order valence-electron chi connectivity index (χ2n) is 5.96. The van der Waals surface area contributed by atoms with E-state index in [4.69, 9.17) is 4.74 Å². The van der Waals surface area contributed by atoms with E-state index >= 15 is 0 Å². The summed E-state index contributed by atoms with van der Waals surface area (Å²) >= 11 is 5.14. The van der Waals surface area contributed by atoms with E-state index in [-0.39, 0.29) is 0 Å². The van der Waals surface area contributed by atoms with Crippen LogP contribution in [0.3, 0.4) is 0 Å². The molecule has 23 heavy (non-hydrogen) atoms. The fraction of sp³-hybridized carbons (Fsp3) is 0.562. The zero-order chi connectivity index (χ0) is 16.2. The number of hydrogen-bond acceptors (Lipinski definition) is 6. The second kappa shape index (κ2) is 7.68. The van der Waals surface area contributed by atoms with E-state index in [1.54, 1.807) is 12.4 Å². The molecule has 0 atom stereocenters. The minimum Gasteiger partial charge on any atom is -0.463 e. The van der Waals surface area contributed by atoms with Gasteiger partial charge in [0.15, 0.2) is 0 Å². The summed E-state index contributed by atoms with van der Waals surface area (Å²) in [5.41, 5.74) is 1.19. The number of halogens is 1. The number of likely N-dealkylation sites (tertiary alicyclic amines) is 1. The van der Waals surface area contributed by atoms with Gasteiger partial charge in [-0.05, 0) is 61.6 Å². The number of thiazole rings is 1. The van der Waals surface area contributed by atoms with Gasteiger partial charge in [-0.1, -0.05) is 0 Å². The highest BCUT2D eigenvalue weighted by Gasteiger charge is 2.21. The van der Waals surface area contributed by atoms with Gasteiger partial charge in [-0.3, -0.25) is 4.90 Å². The van der Waals surface area contributed by atoms with Crippen molar-refractivity contribution in [3.8, 4) is 6.01 Å². The van der Waals surface area contributed by atoms with Gasteiger partial charge in [0, 0.05) is 23.8 Å². The third-order valence-corrected chi connectivity index (χ3v) is 5.59. The molecule has 0 amide bonds. The van der Waals surface area contributed by atoms with Crippen LogP contribution in [0.25, 0.3) is 0 Å². The lowest BCUT2D eigenvalue weighted by Gasteiger charge is -2.31. The van der Waals surface area contributed by atoms with Crippen LogP contribution >= 0.6 is 27.3 Å². The summed E-state index contributed by atoms with van der Waals surface area (Å²) in [6.07, 6.45) is 5.75. The molecular formula is C16H21BrN4OS. The van der Waals surface area contributed by atoms with Crippen LogP contribution in [-0.4, -0.2) is 39.5 Å². The van der Waals surface area contributed by atoms with Crippen LogP contribution in [-0.2, 0) is 6.54 Å². The number of hydrogen-bond donors (Lipinski definition) is 0. The summed E-state index contributed by atoms with van der Waals surface area (Å²) in [6, 6.07) is 0.464. The van der Waals surface area contributed by atoms with Gasteiger partial charge < -0.3 is 4.74 Å². The Morgan fingerprint density at radius 2 is 1.96 bits per heavy atom. The predicted molar refractivity (Wildman–Crippen MR) is 94.8 cm³/mol. The zero-order valence-corrected chi connectivity index (χ0v) is 15.9. The van der Waals surface area contributed by atoms with Crippen molar-refractivity contribution in [2.45, 2.75) is 33.2 Å². The maximum Gasteiger partial charge on any atom is 0.316 e. The number of aryl methyl sites for hydroxylation is 2. The van der Waals surface area contributed by atoms with Crippen LogP contribution in [0.1, 0.15) is 28.4 Å². The van der Waals surface area contributed by atoms with Crippen LogP contribution in [0.5, 0.6) is 6.01 Å². The van der Waals surface area contributed by atoms with E-state index in [0.717, 1.165) is 42.0 Å². The third-order valence-electron chi connectivity index (χ3n) is 4.12. The molecule has 1 saturated heterocycles. The van der Waals surface area contributed by atoms with E-state index < -0.39 is 0 Å². The molecule has 124 valence electrons. The molecule has 0 unspecified atom stereocenters. The molecule has 3 rings (SSSR count). The molecule has 0 spiro atoms. The highest BCUT2D eigenvalue weighted by atomic mass is 79.9. The Morgan fingerprint density at radius 3 is 2.57 bits per heavy atom. The first-order valence-corrected chi connectivity index (χ1v) is 9.46. The lowest BCUT2D eigenvalue weighted by atomic mass is 9.98. The van der Waals surface area contributed by atoms with Gasteiger partial charge in [-0.2, -0.15) is 0 Å². The highest BCUT2D eigenvalue weighted by Crippen LogP contribution is 2.23. The van der Waals surface area contributed by atoms with Crippen molar-refractivity contribution in [2.75, 3.05) is 19.7 Å². The van der Waals surface area contributed by atoms with Crippen LogP contribution in [0.2, 0.25) is 0 Å². The van der Waals surface area contributed by atoms with Gasteiger partial charge in [0.1, 0.15) is 0 Å². The smallest absolute Gasteiger partial charge is 0.316 e. The molecule has 0 bridgehead atoms.